The summed E-state index contributed by atoms with van der Waals surface area (Å²) < 4.78 is 61.3. The van der Waals surface area contributed by atoms with Crippen molar-refractivity contribution in [3.8, 4) is 5.75 Å². The van der Waals surface area contributed by atoms with E-state index < -0.39 is 33.2 Å². The number of hydrogen-bond acceptors (Lipinski definition) is 4. The van der Waals surface area contributed by atoms with Crippen molar-refractivity contribution in [3.05, 3.63) is 82.9 Å². The highest BCUT2D eigenvalue weighted by Crippen LogP contribution is 2.41. The summed E-state index contributed by atoms with van der Waals surface area (Å²) in [4.78, 5) is 12.5. The van der Waals surface area contributed by atoms with Crippen LogP contribution >= 0.6 is 11.6 Å². The number of nitrogens with one attached hydrogen (secondary N) is 1. The van der Waals surface area contributed by atoms with E-state index in [-0.39, 0.29) is 39.2 Å². The molecule has 0 aromatic heterocycles. The Morgan fingerprint density at radius 2 is 1.79 bits per heavy atom. The third kappa shape index (κ3) is 4.51. The molecule has 0 aliphatic carbocycles. The van der Waals surface area contributed by atoms with Crippen LogP contribution in [-0.4, -0.2) is 26.5 Å². The number of anilines is 2. The van der Waals surface area contributed by atoms with Gasteiger partial charge < -0.3 is 10.1 Å². The first-order chi connectivity index (χ1) is 15.5. The smallest absolute Gasteiger partial charge is 0.264 e. The molecule has 1 aliphatic rings. The predicted molar refractivity (Wildman–Crippen MR) is 121 cm³/mol. The van der Waals surface area contributed by atoms with Crippen molar-refractivity contribution in [2.75, 3.05) is 16.2 Å². The van der Waals surface area contributed by atoms with Gasteiger partial charge in [0.05, 0.1) is 27.7 Å². The second-order valence-corrected chi connectivity index (χ2v) is 10.3. The van der Waals surface area contributed by atoms with Gasteiger partial charge in [0.25, 0.3) is 15.9 Å². The fourth-order valence-electron chi connectivity index (χ4n) is 3.49. The summed E-state index contributed by atoms with van der Waals surface area (Å²) >= 11 is 5.96. The average molecular weight is 493 g/mol. The van der Waals surface area contributed by atoms with E-state index in [0.717, 1.165) is 22.5 Å². The Balaban J connectivity index is 1.74. The second kappa shape index (κ2) is 8.31. The van der Waals surface area contributed by atoms with Crippen molar-refractivity contribution >= 4 is 38.9 Å². The highest BCUT2D eigenvalue weighted by Gasteiger charge is 2.38. The van der Waals surface area contributed by atoms with Crippen LogP contribution in [0, 0.1) is 11.6 Å². The molecular weight excluding hydrogens is 474 g/mol. The maximum Gasteiger partial charge on any atom is 0.264 e. The summed E-state index contributed by atoms with van der Waals surface area (Å²) in [6.07, 6.45) is 0. The van der Waals surface area contributed by atoms with Crippen LogP contribution in [-0.2, 0) is 10.0 Å². The molecule has 4 rings (SSSR count). The summed E-state index contributed by atoms with van der Waals surface area (Å²) in [7, 11) is -4.08. The van der Waals surface area contributed by atoms with Gasteiger partial charge in [-0.05, 0) is 68.4 Å². The van der Waals surface area contributed by atoms with E-state index in [1.807, 2.05) is 0 Å². The van der Waals surface area contributed by atoms with Crippen LogP contribution in [0.25, 0.3) is 0 Å². The monoisotopic (exact) mass is 492 g/mol. The lowest BCUT2D eigenvalue weighted by atomic mass is 10.1. The molecule has 6 nitrogen and oxygen atoms in total. The molecule has 0 fully saturated rings. The van der Waals surface area contributed by atoms with Gasteiger partial charge >= 0.3 is 0 Å². The summed E-state index contributed by atoms with van der Waals surface area (Å²) in [5.41, 5.74) is -0.798. The van der Waals surface area contributed by atoms with Crippen molar-refractivity contribution in [3.63, 3.8) is 0 Å². The van der Waals surface area contributed by atoms with Gasteiger partial charge in [0, 0.05) is 5.69 Å². The minimum Gasteiger partial charge on any atom is -0.484 e. The van der Waals surface area contributed by atoms with Crippen LogP contribution in [0.5, 0.6) is 5.75 Å². The van der Waals surface area contributed by atoms with Crippen molar-refractivity contribution in [1.82, 2.24) is 0 Å². The maximum atomic E-state index is 14.1. The molecule has 1 aliphatic heterocycles. The van der Waals surface area contributed by atoms with E-state index in [0.29, 0.717) is 0 Å². The quantitative estimate of drug-likeness (QED) is 0.540. The predicted octanol–water partition coefficient (Wildman–Crippen LogP) is 5.24. The standard InChI is InChI=1S/C23H19ClF2N2O4S/c1-23(2)13-28(33(30,31)16-9-6-14(25)7-10-16)19-12-15(8-11-20(19)32-23)27-22(29)21-17(24)4-3-5-18(21)26/h3-12H,13H2,1-2H3,(H,27,29). The molecule has 1 heterocycles. The molecule has 10 heteroatoms. The van der Waals surface area contributed by atoms with Crippen molar-refractivity contribution in [1.29, 1.82) is 0 Å². The van der Waals surface area contributed by atoms with Gasteiger partial charge in [0.1, 0.15) is 23.0 Å². The van der Waals surface area contributed by atoms with Crippen LogP contribution in [0.4, 0.5) is 20.2 Å². The number of fused-ring (bicyclic) bond motifs is 1. The van der Waals surface area contributed by atoms with Gasteiger partial charge in [-0.2, -0.15) is 0 Å². The Morgan fingerprint density at radius 1 is 1.09 bits per heavy atom. The lowest BCUT2D eigenvalue weighted by Crippen LogP contribution is -2.49. The van der Waals surface area contributed by atoms with Gasteiger partial charge in [0.2, 0.25) is 0 Å². The second-order valence-electron chi connectivity index (χ2n) is 8.06. The fraction of sp³-hybridized carbons (Fsp3) is 0.174. The minimum absolute atomic E-state index is 0.0315. The van der Waals surface area contributed by atoms with Crippen molar-refractivity contribution in [2.24, 2.45) is 0 Å². The molecule has 0 radical (unpaired) electrons. The Hall–Kier alpha value is -3.17. The molecule has 0 atom stereocenters. The van der Waals surface area contributed by atoms with Crippen molar-refractivity contribution in [2.45, 2.75) is 24.3 Å². The van der Waals surface area contributed by atoms with E-state index in [2.05, 4.69) is 5.32 Å². The molecule has 33 heavy (non-hydrogen) atoms. The van der Waals surface area contributed by atoms with Gasteiger partial charge in [-0.15, -0.1) is 0 Å². The highest BCUT2D eigenvalue weighted by molar-refractivity contribution is 7.92. The molecule has 0 bridgehead atoms. The Morgan fingerprint density at radius 3 is 2.45 bits per heavy atom. The Kier molecular flexibility index (Phi) is 5.79. The molecule has 172 valence electrons. The van der Waals surface area contributed by atoms with Crippen molar-refractivity contribution < 1.29 is 26.7 Å². The summed E-state index contributed by atoms with van der Waals surface area (Å²) in [5.74, 6) is -1.86. The van der Waals surface area contributed by atoms with E-state index in [4.69, 9.17) is 16.3 Å². The molecule has 0 saturated heterocycles. The number of amides is 1. The number of halogens is 3. The van der Waals surface area contributed by atoms with Gasteiger partial charge in [0.15, 0.2) is 0 Å². The molecule has 1 amide bonds. The first kappa shape index (κ1) is 23.0. The molecule has 0 spiro atoms. The van der Waals surface area contributed by atoms with E-state index >= 15 is 0 Å². The molecule has 3 aromatic rings. The highest BCUT2D eigenvalue weighted by atomic mass is 35.5. The van der Waals surface area contributed by atoms with E-state index in [1.165, 1.54) is 42.5 Å². The minimum atomic E-state index is -4.08. The van der Waals surface area contributed by atoms with E-state index in [9.17, 15) is 22.0 Å². The van der Waals surface area contributed by atoms with E-state index in [1.54, 1.807) is 13.8 Å². The number of hydrogen-bond donors (Lipinski definition) is 1. The zero-order chi connectivity index (χ0) is 24.0. The summed E-state index contributed by atoms with van der Waals surface area (Å²) in [5, 5.41) is 2.48. The van der Waals surface area contributed by atoms with Gasteiger partial charge in [-0.1, -0.05) is 17.7 Å². The summed E-state index contributed by atoms with van der Waals surface area (Å²) in [6.45, 7) is 3.44. The number of carbonyl (C=O) groups is 1. The first-order valence-electron chi connectivity index (χ1n) is 9.85. The third-order valence-electron chi connectivity index (χ3n) is 4.99. The van der Waals surface area contributed by atoms with Crippen LogP contribution in [0.15, 0.2) is 65.6 Å². The van der Waals surface area contributed by atoms with Gasteiger partial charge in [-0.3, -0.25) is 9.10 Å². The molecular formula is C23H19ClF2N2O4S. The first-order valence-corrected chi connectivity index (χ1v) is 11.7. The number of nitrogens with zero attached hydrogens (tertiary/aromatic N) is 1. The Bertz CT molecular complexity index is 1320. The molecule has 3 aromatic carbocycles. The van der Waals surface area contributed by atoms with Crippen LogP contribution in [0.1, 0.15) is 24.2 Å². The number of carbonyl (C=O) groups excluding carboxylic acids is 1. The number of ether oxygens (including phenoxy) is 1. The Labute approximate surface area is 194 Å². The molecule has 0 unspecified atom stereocenters. The zero-order valence-electron chi connectivity index (χ0n) is 17.6. The van der Waals surface area contributed by atoms with Gasteiger partial charge in [-0.25, -0.2) is 17.2 Å². The maximum absolute atomic E-state index is 14.1. The largest absolute Gasteiger partial charge is 0.484 e. The fourth-order valence-corrected chi connectivity index (χ4v) is 5.36. The topological polar surface area (TPSA) is 75.7 Å². The lowest BCUT2D eigenvalue weighted by Gasteiger charge is -2.40. The third-order valence-corrected chi connectivity index (χ3v) is 7.08. The lowest BCUT2D eigenvalue weighted by molar-refractivity contribution is 0.102. The van der Waals surface area contributed by atoms with Crippen LogP contribution in [0.3, 0.4) is 0 Å². The number of rotatable bonds is 4. The van der Waals surface area contributed by atoms with Crippen LogP contribution in [0.2, 0.25) is 5.02 Å². The normalized spacial score (nSPS) is 14.9. The zero-order valence-corrected chi connectivity index (χ0v) is 19.2. The molecule has 1 N–H and O–H groups in total. The number of benzene rings is 3. The molecule has 0 saturated carbocycles. The van der Waals surface area contributed by atoms with Crippen LogP contribution < -0.4 is 14.4 Å². The summed E-state index contributed by atoms with van der Waals surface area (Å²) in [6, 6.07) is 12.8. The number of sulfonamides is 1. The average Bonchev–Trinajstić information content (AvgIpc) is 2.73. The SMILES string of the molecule is CC1(C)CN(S(=O)(=O)c2ccc(F)cc2)c2cc(NC(=O)c3c(F)cccc3Cl)ccc2O1.